The van der Waals surface area contributed by atoms with Crippen molar-refractivity contribution in [3.8, 4) is 0 Å². The van der Waals surface area contributed by atoms with Gasteiger partial charge in [-0.15, -0.1) is 0 Å². The Balaban J connectivity index is 1.30. The van der Waals surface area contributed by atoms with E-state index in [9.17, 15) is 20.0 Å². The van der Waals surface area contributed by atoms with Gasteiger partial charge in [-0.2, -0.15) is 0 Å². The third kappa shape index (κ3) is 11.1. The molecule has 3 aromatic rings. The number of hydrogen-bond donors (Lipinski definition) is 2. The Morgan fingerprint density at radius 1 is 0.795 bits per heavy atom. The number of non-ortho nitro benzene ring substituents is 1. The predicted molar refractivity (Wildman–Crippen MR) is 183 cm³/mol. The number of aliphatic hydroxyl groups is 1. The normalized spacial score (nSPS) is 12.9. The molecule has 0 spiro atoms. The molecule has 0 aliphatic rings. The molecule has 7 nitrogen and oxygen atoms in total. The second-order valence-corrected chi connectivity index (χ2v) is 15.5. The van der Waals surface area contributed by atoms with Crippen LogP contribution in [0, 0.1) is 10.1 Å². The van der Waals surface area contributed by atoms with Crippen LogP contribution in [-0.4, -0.2) is 48.0 Å². The minimum atomic E-state index is -1.53. The standard InChI is InChI=1S/C36H49N2O5P/c1-30(36(40)31-23-25-32(26-24-31)38(41)42)37-35(39)22-16-8-6-4-3-5-7-9-17-28-44(29-27-43-2,33-18-12-10-13-19-33)34-20-14-11-15-21-34/h10-15,18-21,23-26,30,36,40H,3-9,16-17,22,27-29H2,1-2H3/p+1/t30-,36+/m1/s1. The lowest BCUT2D eigenvalue weighted by molar-refractivity contribution is -0.384. The highest BCUT2D eigenvalue weighted by atomic mass is 31.2. The van der Waals surface area contributed by atoms with E-state index in [1.54, 1.807) is 14.0 Å². The van der Waals surface area contributed by atoms with Crippen molar-refractivity contribution in [2.45, 2.75) is 83.3 Å². The number of hydrogen-bond acceptors (Lipinski definition) is 5. The van der Waals surface area contributed by atoms with Crippen LogP contribution in [0.4, 0.5) is 5.69 Å². The van der Waals surface area contributed by atoms with Gasteiger partial charge in [0.25, 0.3) is 5.69 Å². The summed E-state index contributed by atoms with van der Waals surface area (Å²) >= 11 is 0. The Labute approximate surface area is 263 Å². The van der Waals surface area contributed by atoms with E-state index in [0.717, 1.165) is 32.0 Å². The second kappa shape index (κ2) is 19.3. The Morgan fingerprint density at radius 3 is 1.80 bits per heavy atom. The van der Waals surface area contributed by atoms with E-state index in [0.29, 0.717) is 12.0 Å². The lowest BCUT2D eigenvalue weighted by Crippen LogP contribution is -2.36. The van der Waals surface area contributed by atoms with E-state index in [1.165, 1.54) is 79.6 Å². The van der Waals surface area contributed by atoms with E-state index in [4.69, 9.17) is 4.74 Å². The molecule has 0 fully saturated rings. The Bertz CT molecular complexity index is 1200. The molecule has 8 heteroatoms. The van der Waals surface area contributed by atoms with Crippen molar-refractivity contribution < 1.29 is 19.6 Å². The zero-order chi connectivity index (χ0) is 31.6. The quantitative estimate of drug-likeness (QED) is 0.0561. The van der Waals surface area contributed by atoms with Gasteiger partial charge in [0, 0.05) is 25.7 Å². The molecule has 0 aliphatic heterocycles. The summed E-state index contributed by atoms with van der Waals surface area (Å²) in [5, 5.41) is 27.1. The number of carbonyl (C=O) groups is 1. The van der Waals surface area contributed by atoms with Crippen LogP contribution in [0.3, 0.4) is 0 Å². The summed E-state index contributed by atoms with van der Waals surface area (Å²) in [6.45, 7) is 2.52. The van der Waals surface area contributed by atoms with Crippen molar-refractivity contribution >= 4 is 29.5 Å². The highest BCUT2D eigenvalue weighted by molar-refractivity contribution is 7.89. The summed E-state index contributed by atoms with van der Waals surface area (Å²) in [6, 6.07) is 27.4. The monoisotopic (exact) mass is 621 g/mol. The summed E-state index contributed by atoms with van der Waals surface area (Å²) in [6.07, 6.45) is 12.2. The maximum atomic E-state index is 12.4. The van der Waals surface area contributed by atoms with E-state index >= 15 is 0 Å². The number of aliphatic hydroxyl groups excluding tert-OH is 1. The number of ether oxygens (including phenoxy) is 1. The van der Waals surface area contributed by atoms with E-state index in [1.807, 2.05) is 0 Å². The number of benzene rings is 3. The zero-order valence-electron chi connectivity index (χ0n) is 26.4. The van der Waals surface area contributed by atoms with Crippen LogP contribution in [0.1, 0.15) is 82.8 Å². The highest BCUT2D eigenvalue weighted by Gasteiger charge is 2.41. The molecule has 0 aromatic heterocycles. The highest BCUT2D eigenvalue weighted by Crippen LogP contribution is 2.56. The van der Waals surface area contributed by atoms with Gasteiger partial charge in [-0.05, 0) is 68.1 Å². The smallest absolute Gasteiger partial charge is 0.269 e. The molecule has 0 heterocycles. The number of nitro groups is 1. The first-order valence-electron chi connectivity index (χ1n) is 16.1. The molecule has 3 aromatic carbocycles. The van der Waals surface area contributed by atoms with Crippen molar-refractivity contribution in [2.75, 3.05) is 26.0 Å². The molecule has 44 heavy (non-hydrogen) atoms. The summed E-state index contributed by atoms with van der Waals surface area (Å²) in [4.78, 5) is 22.7. The van der Waals surface area contributed by atoms with E-state index in [2.05, 4.69) is 66.0 Å². The average Bonchev–Trinajstić information content (AvgIpc) is 3.05. The third-order valence-electron chi connectivity index (χ3n) is 8.43. The fourth-order valence-electron chi connectivity index (χ4n) is 5.84. The third-order valence-corrected chi connectivity index (χ3v) is 13.0. The predicted octanol–water partition coefficient (Wildman–Crippen LogP) is 7.35. The number of rotatable bonds is 21. The molecule has 2 N–H and O–H groups in total. The molecular weight excluding hydrogens is 571 g/mol. The van der Waals surface area contributed by atoms with Crippen LogP contribution in [0.15, 0.2) is 84.9 Å². The van der Waals surface area contributed by atoms with Gasteiger partial charge in [-0.1, -0.05) is 74.9 Å². The Hall–Kier alpha value is -3.12. The van der Waals surface area contributed by atoms with E-state index in [-0.39, 0.29) is 11.6 Å². The van der Waals surface area contributed by atoms with Gasteiger partial charge >= 0.3 is 0 Å². The first kappa shape index (κ1) is 35.4. The SMILES string of the molecule is COCC[P+](CCCCCCCCCCCC(=O)N[C@H](C)[C@H](O)c1ccc([N+](=O)[O-])cc1)(c1ccccc1)c1ccccc1. The van der Waals surface area contributed by atoms with Crippen molar-refractivity contribution in [3.05, 3.63) is 101 Å². The lowest BCUT2D eigenvalue weighted by Gasteiger charge is -2.27. The van der Waals surface area contributed by atoms with Crippen LogP contribution in [0.25, 0.3) is 0 Å². The number of nitrogens with one attached hydrogen (secondary N) is 1. The summed E-state index contributed by atoms with van der Waals surface area (Å²) in [5.74, 6) is -0.0751. The molecule has 3 rings (SSSR count). The summed E-state index contributed by atoms with van der Waals surface area (Å²) < 4.78 is 5.58. The van der Waals surface area contributed by atoms with Gasteiger partial charge in [0.15, 0.2) is 0 Å². The molecule has 0 saturated carbocycles. The fourth-order valence-corrected chi connectivity index (χ4v) is 10.1. The van der Waals surface area contributed by atoms with Crippen LogP contribution in [-0.2, 0) is 9.53 Å². The topological polar surface area (TPSA) is 102 Å². The number of methoxy groups -OCH3 is 1. The van der Waals surface area contributed by atoms with Crippen molar-refractivity contribution in [3.63, 3.8) is 0 Å². The largest absolute Gasteiger partial charge is 0.386 e. The van der Waals surface area contributed by atoms with Crippen LogP contribution >= 0.6 is 7.26 Å². The maximum absolute atomic E-state index is 12.4. The van der Waals surface area contributed by atoms with Gasteiger partial charge in [0.1, 0.15) is 0 Å². The minimum Gasteiger partial charge on any atom is -0.386 e. The van der Waals surface area contributed by atoms with Crippen molar-refractivity contribution in [1.82, 2.24) is 5.32 Å². The average molecular weight is 622 g/mol. The number of nitro benzene ring substituents is 1. The van der Waals surface area contributed by atoms with Gasteiger partial charge in [-0.3, -0.25) is 14.9 Å². The Kier molecular flexibility index (Phi) is 15.5. The van der Waals surface area contributed by atoms with Crippen molar-refractivity contribution in [2.24, 2.45) is 0 Å². The van der Waals surface area contributed by atoms with Crippen LogP contribution in [0.5, 0.6) is 0 Å². The minimum absolute atomic E-state index is 0.0266. The maximum Gasteiger partial charge on any atom is 0.269 e. The molecular formula is C36H50N2O5P+. The number of unbranched alkanes of at least 4 members (excludes halogenated alkanes) is 8. The van der Waals surface area contributed by atoms with Crippen molar-refractivity contribution in [1.29, 1.82) is 0 Å². The van der Waals surface area contributed by atoms with Gasteiger partial charge in [0.05, 0.1) is 53.9 Å². The number of amides is 1. The first-order chi connectivity index (χ1) is 21.4. The lowest BCUT2D eigenvalue weighted by atomic mass is 10.0. The second-order valence-electron chi connectivity index (χ2n) is 11.7. The molecule has 2 atom stereocenters. The van der Waals surface area contributed by atoms with E-state index < -0.39 is 24.3 Å². The van der Waals surface area contributed by atoms with Crippen LogP contribution < -0.4 is 15.9 Å². The molecule has 0 unspecified atom stereocenters. The summed E-state index contributed by atoms with van der Waals surface area (Å²) in [5.41, 5.74) is 0.518. The fraction of sp³-hybridized carbons (Fsp3) is 0.472. The first-order valence-corrected chi connectivity index (χ1v) is 18.2. The van der Waals surface area contributed by atoms with Crippen LogP contribution in [0.2, 0.25) is 0 Å². The molecule has 0 saturated heterocycles. The van der Waals surface area contributed by atoms with Gasteiger partial charge < -0.3 is 15.2 Å². The Morgan fingerprint density at radius 2 is 1.30 bits per heavy atom. The zero-order valence-corrected chi connectivity index (χ0v) is 27.3. The summed E-state index contributed by atoms with van der Waals surface area (Å²) in [7, 11) is 0.274. The molecule has 0 bridgehead atoms. The van der Waals surface area contributed by atoms with Gasteiger partial charge in [0.2, 0.25) is 5.91 Å². The molecule has 238 valence electrons. The number of nitrogens with zero attached hydrogens (tertiary/aromatic N) is 1. The number of carbonyl (C=O) groups excluding carboxylic acids is 1. The van der Waals surface area contributed by atoms with Gasteiger partial charge in [-0.25, -0.2) is 0 Å². The molecule has 0 aliphatic carbocycles. The molecule has 1 amide bonds. The molecule has 0 radical (unpaired) electrons.